The number of hydrogen-bond donors (Lipinski definition) is 0. The van der Waals surface area contributed by atoms with Crippen molar-refractivity contribution in [3.63, 3.8) is 0 Å². The topological polar surface area (TPSA) is 58.0 Å². The smallest absolute Gasteiger partial charge is 0.794 e. The van der Waals surface area contributed by atoms with Gasteiger partial charge in [0.15, 0.2) is 5.57 Å². The summed E-state index contributed by atoms with van der Waals surface area (Å²) in [7, 11) is -1.76. The third-order valence-corrected chi connectivity index (χ3v) is 2.32. The quantitative estimate of drug-likeness (QED) is 0.345. The van der Waals surface area contributed by atoms with Crippen LogP contribution in [-0.2, 0) is 11.6 Å². The Labute approximate surface area is 108 Å². The first kappa shape index (κ1) is 12.0. The summed E-state index contributed by atoms with van der Waals surface area (Å²) < 4.78 is 12.3. The number of hydrogen-bond acceptors (Lipinski definition) is 3. The van der Waals surface area contributed by atoms with E-state index in [1.165, 1.54) is 10.8 Å². The zero-order valence-corrected chi connectivity index (χ0v) is 10.8. The van der Waals surface area contributed by atoms with Gasteiger partial charge in [0, 0.05) is 19.4 Å². The van der Waals surface area contributed by atoms with Crippen molar-refractivity contribution in [1.29, 1.82) is 0 Å². The van der Waals surface area contributed by atoms with Crippen molar-refractivity contribution in [1.82, 2.24) is 9.55 Å². The van der Waals surface area contributed by atoms with Crippen LogP contribution in [0.1, 0.15) is 0 Å². The van der Waals surface area contributed by atoms with Gasteiger partial charge in [-0.3, -0.25) is 0 Å². The fourth-order valence-corrected chi connectivity index (χ4v) is 1.67. The molecule has 1 aromatic rings. The summed E-state index contributed by atoms with van der Waals surface area (Å²) in [6, 6.07) is 0. The number of nitrogens with zero attached hydrogens (tertiary/aromatic N) is 2. The van der Waals surface area contributed by atoms with Crippen molar-refractivity contribution in [2.24, 2.45) is 7.05 Å². The van der Waals surface area contributed by atoms with Crippen LogP contribution in [0.3, 0.4) is 0 Å². The van der Waals surface area contributed by atoms with Crippen molar-refractivity contribution < 1.29 is 60.8 Å². The summed E-state index contributed by atoms with van der Waals surface area (Å²) in [4.78, 5) is 14.5. The molecule has 1 aromatic heterocycles. The minimum atomic E-state index is -3.41. The molecule has 0 aliphatic rings. The summed E-state index contributed by atoms with van der Waals surface area (Å²) in [6.07, 6.45) is 3.06. The zero-order chi connectivity index (χ0) is 7.78. The van der Waals surface area contributed by atoms with Crippen LogP contribution in [0.25, 0.3) is 0 Å². The third-order valence-electron chi connectivity index (χ3n) is 1.16. The molecule has 0 saturated carbocycles. The number of rotatable bonds is 1. The van der Waals surface area contributed by atoms with Gasteiger partial charge in [-0.05, 0) is 6.66 Å². The van der Waals surface area contributed by atoms with Crippen molar-refractivity contribution in [3.05, 3.63) is 12.4 Å². The van der Waals surface area contributed by atoms with Gasteiger partial charge in [0.25, 0.3) is 0 Å². The number of aromatic nitrogens is 2. The van der Waals surface area contributed by atoms with Crippen LogP contribution in [-0.4, -0.2) is 16.2 Å². The van der Waals surface area contributed by atoms with Gasteiger partial charge < -0.3 is 14.0 Å². The third kappa shape index (κ3) is 3.10. The summed E-state index contributed by atoms with van der Waals surface area (Å²) in [5.74, 6) is 0. The van der Waals surface area contributed by atoms with Gasteiger partial charge in [0.05, 0.1) is 7.37 Å². The Morgan fingerprint density at radius 1 is 1.73 bits per heavy atom. The standard InChI is InChI=1S/C5H9N2O2P.K/c1-7-4-3-6-5(7)10(2,8)9;/h3-4H,1-2H3,(H,8,9);/q;+1/p-1. The van der Waals surface area contributed by atoms with Crippen LogP contribution in [0.5, 0.6) is 0 Å². The van der Waals surface area contributed by atoms with Crippen molar-refractivity contribution in [3.8, 4) is 0 Å². The van der Waals surface area contributed by atoms with E-state index in [2.05, 4.69) is 4.98 Å². The van der Waals surface area contributed by atoms with E-state index in [1.54, 1.807) is 13.2 Å². The minimum Gasteiger partial charge on any atom is -0.794 e. The average molecular weight is 198 g/mol. The maximum atomic E-state index is 10.9. The van der Waals surface area contributed by atoms with E-state index in [9.17, 15) is 9.46 Å². The summed E-state index contributed by atoms with van der Waals surface area (Å²) >= 11 is 0. The first-order valence-corrected chi connectivity index (χ1v) is 4.85. The Morgan fingerprint density at radius 3 is 2.45 bits per heavy atom. The van der Waals surface area contributed by atoms with E-state index in [1.807, 2.05) is 0 Å². The Kier molecular flexibility index (Phi) is 4.73. The second kappa shape index (κ2) is 4.32. The predicted octanol–water partition coefficient (Wildman–Crippen LogP) is -3.68. The molecular weight excluding hydrogens is 190 g/mol. The molecule has 1 unspecified atom stereocenters. The summed E-state index contributed by atoms with van der Waals surface area (Å²) in [5.41, 5.74) is 0.132. The largest absolute Gasteiger partial charge is 1.00 e. The van der Waals surface area contributed by atoms with Crippen molar-refractivity contribution in [2.75, 3.05) is 6.66 Å². The Morgan fingerprint density at radius 2 is 2.27 bits per heavy atom. The van der Waals surface area contributed by atoms with E-state index in [0.29, 0.717) is 0 Å². The Balaban J connectivity index is 0.000001000. The van der Waals surface area contributed by atoms with E-state index in [-0.39, 0.29) is 57.0 Å². The first-order chi connectivity index (χ1) is 4.52. The molecule has 6 heteroatoms. The van der Waals surface area contributed by atoms with Gasteiger partial charge in [0.2, 0.25) is 0 Å². The van der Waals surface area contributed by atoms with Gasteiger partial charge >= 0.3 is 51.4 Å². The van der Waals surface area contributed by atoms with Gasteiger partial charge in [0.1, 0.15) is 0 Å². The van der Waals surface area contributed by atoms with Crippen molar-refractivity contribution in [2.45, 2.75) is 0 Å². The van der Waals surface area contributed by atoms with Gasteiger partial charge in [-0.1, -0.05) is 0 Å². The van der Waals surface area contributed by atoms with Crippen LogP contribution in [0, 0.1) is 0 Å². The molecule has 0 aliphatic carbocycles. The summed E-state index contributed by atoms with van der Waals surface area (Å²) in [5, 5.41) is 0. The Bertz CT molecular complexity index is 280. The van der Waals surface area contributed by atoms with E-state index in [4.69, 9.17) is 0 Å². The normalized spacial score (nSPS) is 15.2. The number of aryl methyl sites for hydroxylation is 1. The van der Waals surface area contributed by atoms with Crippen LogP contribution >= 0.6 is 7.37 Å². The van der Waals surface area contributed by atoms with E-state index < -0.39 is 7.37 Å². The number of imidazole rings is 1. The minimum absolute atomic E-state index is 0. The van der Waals surface area contributed by atoms with E-state index >= 15 is 0 Å². The zero-order valence-electron chi connectivity index (χ0n) is 6.81. The molecule has 1 heterocycles. The predicted molar refractivity (Wildman–Crippen MR) is 36.4 cm³/mol. The van der Waals surface area contributed by atoms with Crippen molar-refractivity contribution >= 4 is 12.9 Å². The molecule has 0 bridgehead atoms. The molecule has 0 saturated heterocycles. The molecule has 0 N–H and O–H groups in total. The van der Waals surface area contributed by atoms with Gasteiger partial charge in [-0.15, -0.1) is 0 Å². The molecule has 1 rings (SSSR count). The molecular formula is C5H8KN2O2P. The monoisotopic (exact) mass is 198 g/mol. The molecule has 0 amide bonds. The van der Waals surface area contributed by atoms with Gasteiger partial charge in [-0.25, -0.2) is 4.98 Å². The second-order valence-electron chi connectivity index (χ2n) is 2.18. The van der Waals surface area contributed by atoms with Crippen LogP contribution < -0.4 is 61.8 Å². The molecule has 0 spiro atoms. The molecule has 0 aliphatic heterocycles. The summed E-state index contributed by atoms with van der Waals surface area (Å²) in [6.45, 7) is 1.16. The maximum Gasteiger partial charge on any atom is 1.00 e. The van der Waals surface area contributed by atoms with Gasteiger partial charge in [-0.2, -0.15) is 0 Å². The molecule has 0 aromatic carbocycles. The molecule has 4 nitrogen and oxygen atoms in total. The maximum absolute atomic E-state index is 10.9. The molecule has 0 fully saturated rings. The fourth-order valence-electron chi connectivity index (χ4n) is 0.749. The SMILES string of the molecule is Cn1ccnc1P(C)(=O)[O-].[K+]. The average Bonchev–Trinajstić information content (AvgIpc) is 2.11. The van der Waals surface area contributed by atoms with Crippen LogP contribution in [0.4, 0.5) is 0 Å². The second-order valence-corrected chi connectivity index (χ2v) is 4.28. The first-order valence-electron chi connectivity index (χ1n) is 2.78. The molecule has 1 atom stereocenters. The molecule has 0 radical (unpaired) electrons. The Hall–Kier alpha value is 1.04. The fraction of sp³-hybridized carbons (Fsp3) is 0.400. The van der Waals surface area contributed by atoms with E-state index in [0.717, 1.165) is 6.66 Å². The molecule has 56 valence electrons. The molecule has 11 heavy (non-hydrogen) atoms. The van der Waals surface area contributed by atoms with Crippen LogP contribution in [0.15, 0.2) is 12.4 Å². The van der Waals surface area contributed by atoms with Crippen LogP contribution in [0.2, 0.25) is 0 Å².